The Morgan fingerprint density at radius 1 is 1.53 bits per heavy atom. The molecule has 1 saturated heterocycles. The Labute approximate surface area is 119 Å². The van der Waals surface area contributed by atoms with Gasteiger partial charge in [-0.25, -0.2) is 4.98 Å². The highest BCUT2D eigenvalue weighted by Gasteiger charge is 2.21. The highest BCUT2D eigenvalue weighted by atomic mass is 35.5. The van der Waals surface area contributed by atoms with Crippen LogP contribution in [0.15, 0.2) is 12.1 Å². The zero-order valence-electron chi connectivity index (χ0n) is 11.4. The van der Waals surface area contributed by atoms with Gasteiger partial charge >= 0.3 is 0 Å². The molecule has 0 spiro atoms. The summed E-state index contributed by atoms with van der Waals surface area (Å²) in [7, 11) is 0. The van der Waals surface area contributed by atoms with Gasteiger partial charge in [-0.1, -0.05) is 18.5 Å². The molecule has 0 bridgehead atoms. The van der Waals surface area contributed by atoms with Crippen LogP contribution >= 0.6 is 11.6 Å². The molecule has 19 heavy (non-hydrogen) atoms. The van der Waals surface area contributed by atoms with Crippen molar-refractivity contribution in [2.75, 3.05) is 24.6 Å². The van der Waals surface area contributed by atoms with E-state index < -0.39 is 0 Å². The Morgan fingerprint density at radius 2 is 2.37 bits per heavy atom. The van der Waals surface area contributed by atoms with Gasteiger partial charge in [-0.3, -0.25) is 0 Å². The van der Waals surface area contributed by atoms with Gasteiger partial charge in [-0.2, -0.15) is 0 Å². The van der Waals surface area contributed by atoms with Crippen molar-refractivity contribution < 1.29 is 4.74 Å². The first kappa shape index (κ1) is 14.6. The summed E-state index contributed by atoms with van der Waals surface area (Å²) in [6.07, 6.45) is 3.64. The third-order valence-electron chi connectivity index (χ3n) is 3.36. The first-order valence-corrected chi connectivity index (χ1v) is 7.34. The summed E-state index contributed by atoms with van der Waals surface area (Å²) < 4.78 is 5.84. The molecule has 0 radical (unpaired) electrons. The molecule has 1 fully saturated rings. The Hall–Kier alpha value is -0.840. The minimum absolute atomic E-state index is 0.313. The lowest BCUT2D eigenvalue weighted by Crippen LogP contribution is -2.40. The molecule has 0 aliphatic carbocycles. The Kier molecular flexibility index (Phi) is 5.43. The van der Waals surface area contributed by atoms with Crippen molar-refractivity contribution >= 4 is 17.4 Å². The number of nitrogens with zero attached hydrogens (tertiary/aromatic N) is 2. The number of rotatable bonds is 5. The maximum absolute atomic E-state index is 6.05. The zero-order valence-corrected chi connectivity index (χ0v) is 12.2. The average Bonchev–Trinajstić information content (AvgIpc) is 2.46. The largest absolute Gasteiger partial charge is 0.376 e. The second kappa shape index (κ2) is 7.08. The molecule has 1 aliphatic rings. The lowest BCUT2D eigenvalue weighted by molar-refractivity contribution is 0.0439. The maximum atomic E-state index is 6.05. The summed E-state index contributed by atoms with van der Waals surface area (Å²) in [6.45, 7) is 5.26. The molecular weight excluding hydrogens is 262 g/mol. The Morgan fingerprint density at radius 3 is 3.11 bits per heavy atom. The van der Waals surface area contributed by atoms with Gasteiger partial charge < -0.3 is 15.4 Å². The van der Waals surface area contributed by atoms with E-state index in [2.05, 4.69) is 16.8 Å². The van der Waals surface area contributed by atoms with Crippen LogP contribution in [-0.4, -0.2) is 30.8 Å². The van der Waals surface area contributed by atoms with Crippen molar-refractivity contribution in [3.8, 4) is 0 Å². The number of anilines is 1. The van der Waals surface area contributed by atoms with Crippen LogP contribution in [0.1, 0.15) is 31.9 Å². The summed E-state index contributed by atoms with van der Waals surface area (Å²) in [6, 6.07) is 3.84. The molecule has 2 heterocycles. The number of hydrogen-bond donors (Lipinski definition) is 1. The number of nitrogens with two attached hydrogens (primary N) is 1. The monoisotopic (exact) mass is 283 g/mol. The number of hydrogen-bond acceptors (Lipinski definition) is 4. The van der Waals surface area contributed by atoms with Gasteiger partial charge in [-0.05, 0) is 31.4 Å². The minimum Gasteiger partial charge on any atom is -0.376 e. The van der Waals surface area contributed by atoms with E-state index in [1.54, 1.807) is 0 Å². The topological polar surface area (TPSA) is 51.4 Å². The molecule has 106 valence electrons. The molecule has 0 saturated carbocycles. The van der Waals surface area contributed by atoms with E-state index in [1.165, 1.54) is 0 Å². The molecule has 2 rings (SSSR count). The molecule has 1 aliphatic heterocycles. The van der Waals surface area contributed by atoms with Gasteiger partial charge in [0.1, 0.15) is 5.82 Å². The van der Waals surface area contributed by atoms with Gasteiger partial charge in [0.2, 0.25) is 0 Å². The SMILES string of the molecule is CCCOC1CCCN(c2ccc(Cl)c(CN)n2)C1. The van der Waals surface area contributed by atoms with E-state index >= 15 is 0 Å². The molecule has 1 aromatic rings. The van der Waals surface area contributed by atoms with Gasteiger partial charge in [0.05, 0.1) is 16.8 Å². The van der Waals surface area contributed by atoms with E-state index in [1.807, 2.05) is 12.1 Å². The van der Waals surface area contributed by atoms with E-state index in [9.17, 15) is 0 Å². The van der Waals surface area contributed by atoms with Crippen molar-refractivity contribution in [2.24, 2.45) is 5.73 Å². The summed E-state index contributed by atoms with van der Waals surface area (Å²) >= 11 is 6.05. The standard InChI is InChI=1S/C14H22ClN3O/c1-2-8-19-11-4-3-7-18(10-11)14-6-5-12(15)13(9-16)17-14/h5-6,11H,2-4,7-10,16H2,1H3. The van der Waals surface area contributed by atoms with Crippen molar-refractivity contribution in [1.29, 1.82) is 0 Å². The van der Waals surface area contributed by atoms with Crippen molar-refractivity contribution in [1.82, 2.24) is 4.98 Å². The van der Waals surface area contributed by atoms with E-state index in [4.69, 9.17) is 22.1 Å². The molecular formula is C14H22ClN3O. The highest BCUT2D eigenvalue weighted by Crippen LogP contribution is 2.23. The van der Waals surface area contributed by atoms with Crippen LogP contribution in [0.5, 0.6) is 0 Å². The predicted octanol–water partition coefficient (Wildman–Crippen LogP) is 2.59. The van der Waals surface area contributed by atoms with Crippen LogP contribution in [0.3, 0.4) is 0 Å². The first-order chi connectivity index (χ1) is 9.24. The number of aromatic nitrogens is 1. The van der Waals surface area contributed by atoms with Crippen LogP contribution in [0, 0.1) is 0 Å². The highest BCUT2D eigenvalue weighted by molar-refractivity contribution is 6.31. The van der Waals surface area contributed by atoms with Gasteiger partial charge in [0, 0.05) is 26.2 Å². The Balaban J connectivity index is 2.04. The molecule has 5 heteroatoms. The molecule has 1 atom stereocenters. The number of piperidine rings is 1. The third kappa shape index (κ3) is 3.81. The maximum Gasteiger partial charge on any atom is 0.129 e. The third-order valence-corrected chi connectivity index (χ3v) is 3.70. The zero-order chi connectivity index (χ0) is 13.7. The summed E-state index contributed by atoms with van der Waals surface area (Å²) in [4.78, 5) is 6.81. The van der Waals surface area contributed by atoms with Crippen LogP contribution in [0.4, 0.5) is 5.82 Å². The fraction of sp³-hybridized carbons (Fsp3) is 0.643. The lowest BCUT2D eigenvalue weighted by Gasteiger charge is -2.33. The molecule has 0 amide bonds. The van der Waals surface area contributed by atoms with Gasteiger partial charge in [0.15, 0.2) is 0 Å². The van der Waals surface area contributed by atoms with Crippen LogP contribution in [0.2, 0.25) is 5.02 Å². The van der Waals surface area contributed by atoms with Gasteiger partial charge in [-0.15, -0.1) is 0 Å². The molecule has 1 unspecified atom stereocenters. The quantitative estimate of drug-likeness (QED) is 0.902. The summed E-state index contributed by atoms with van der Waals surface area (Å²) in [5, 5.41) is 0.641. The number of ether oxygens (including phenoxy) is 1. The molecule has 2 N–H and O–H groups in total. The molecule has 1 aromatic heterocycles. The van der Waals surface area contributed by atoms with Crippen molar-refractivity contribution in [3.63, 3.8) is 0 Å². The van der Waals surface area contributed by atoms with Crippen LogP contribution in [-0.2, 0) is 11.3 Å². The summed E-state index contributed by atoms with van der Waals surface area (Å²) in [5.74, 6) is 0.953. The van der Waals surface area contributed by atoms with E-state index in [0.717, 1.165) is 50.5 Å². The molecule has 0 aromatic carbocycles. The minimum atomic E-state index is 0.313. The fourth-order valence-electron chi connectivity index (χ4n) is 2.36. The Bertz CT molecular complexity index is 414. The summed E-state index contributed by atoms with van der Waals surface area (Å²) in [5.41, 5.74) is 6.41. The van der Waals surface area contributed by atoms with Crippen molar-refractivity contribution in [2.45, 2.75) is 38.8 Å². The number of halogens is 1. The average molecular weight is 284 g/mol. The second-order valence-corrected chi connectivity index (χ2v) is 5.29. The van der Waals surface area contributed by atoms with Gasteiger partial charge in [0.25, 0.3) is 0 Å². The lowest BCUT2D eigenvalue weighted by atomic mass is 10.1. The predicted molar refractivity (Wildman–Crippen MR) is 78.6 cm³/mol. The first-order valence-electron chi connectivity index (χ1n) is 6.96. The van der Waals surface area contributed by atoms with E-state index in [0.29, 0.717) is 17.7 Å². The van der Waals surface area contributed by atoms with Crippen molar-refractivity contribution in [3.05, 3.63) is 22.8 Å². The van der Waals surface area contributed by atoms with E-state index in [-0.39, 0.29) is 0 Å². The smallest absolute Gasteiger partial charge is 0.129 e. The molecule has 4 nitrogen and oxygen atoms in total. The number of pyridine rings is 1. The van der Waals surface area contributed by atoms with Crippen LogP contribution < -0.4 is 10.6 Å². The fourth-order valence-corrected chi connectivity index (χ4v) is 2.54. The normalized spacial score (nSPS) is 19.7. The second-order valence-electron chi connectivity index (χ2n) is 4.88. The van der Waals surface area contributed by atoms with Crippen LogP contribution in [0.25, 0.3) is 0 Å².